The monoisotopic (exact) mass is 80.1 g/mol. The van der Waals surface area contributed by atoms with Crippen molar-refractivity contribution in [1.82, 2.24) is 0 Å². The van der Waals surface area contributed by atoms with Gasteiger partial charge in [-0.15, -0.1) is 0 Å². The molecule has 4 heavy (non-hydrogen) atoms. The van der Waals surface area contributed by atoms with Gasteiger partial charge in [-0.1, -0.05) is 19.4 Å². The lowest BCUT2D eigenvalue weighted by Crippen LogP contribution is -1.55. The summed E-state index contributed by atoms with van der Waals surface area (Å²) in [5, 5.41) is 0. The van der Waals surface area contributed by atoms with Crippen molar-refractivity contribution < 1.29 is 0 Å². The maximum Gasteiger partial charge on any atom is 0.00729 e. The molecule has 0 saturated carbocycles. The zero-order chi connectivity index (χ0) is 5.91. The van der Waals surface area contributed by atoms with Gasteiger partial charge in [0.15, 0.2) is 0 Å². The second-order valence-corrected chi connectivity index (χ2v) is 1.25. The summed E-state index contributed by atoms with van der Waals surface area (Å²) in [5.41, 5.74) is 0. The van der Waals surface area contributed by atoms with Gasteiger partial charge < -0.3 is 0 Å². The first kappa shape index (κ1) is 1.13. The van der Waals surface area contributed by atoms with Gasteiger partial charge in [0.1, 0.15) is 0 Å². The van der Waals surface area contributed by atoms with Crippen LogP contribution in [0.5, 0.6) is 0 Å². The van der Waals surface area contributed by atoms with E-state index >= 15 is 0 Å². The van der Waals surface area contributed by atoms with Crippen LogP contribution in [0.4, 0.5) is 0 Å². The van der Waals surface area contributed by atoms with Crippen molar-refractivity contribution in [2.24, 2.45) is 0 Å². The van der Waals surface area contributed by atoms with Crippen molar-refractivity contribution >= 4 is 10.0 Å². The first-order valence-electron chi connectivity index (χ1n) is 3.06. The minimum Gasteiger partial charge on any atom is -0.0661 e. The molecule has 0 radical (unpaired) electrons. The van der Waals surface area contributed by atoms with E-state index < -0.39 is 10.0 Å². The lowest BCUT2D eigenvalue weighted by atomic mass is 10.6. The molecule has 0 spiro atoms. The molecule has 0 aromatic heterocycles. The fourth-order valence-corrected chi connectivity index (χ4v) is 0. The second-order valence-electron chi connectivity index (χ2n) is 0.750. The molecule has 0 fully saturated rings. The highest BCUT2D eigenvalue weighted by atomic mass is 28.1. The molecule has 0 N–H and O–H groups in total. The topological polar surface area (TPSA) is 0 Å². The fourth-order valence-electron chi connectivity index (χ4n) is 0. The third-order valence-electron chi connectivity index (χ3n) is 0.250. The Kier molecular flexibility index (Phi) is 0.908. The maximum atomic E-state index is 6.80. The van der Waals surface area contributed by atoms with Gasteiger partial charge in [-0.3, -0.25) is 0 Å². The highest BCUT2D eigenvalue weighted by Gasteiger charge is 1.57. The molecule has 0 aliphatic heterocycles. The van der Waals surface area contributed by atoms with Crippen LogP contribution >= 0.6 is 0 Å². The summed E-state index contributed by atoms with van der Waals surface area (Å²) in [6.45, 7) is 1.90. The summed E-state index contributed by atoms with van der Waals surface area (Å²) in [6.07, 6.45) is 0.808. The quantitative estimate of drug-likeness (QED) is 0.415. The van der Waals surface area contributed by atoms with Gasteiger partial charge in [0.05, 0.1) is 0 Å². The summed E-state index contributed by atoms with van der Waals surface area (Å²) in [6, 6.07) is 0.479. The van der Waals surface area contributed by atoms with Crippen LogP contribution in [0.25, 0.3) is 0 Å². The third-order valence-corrected chi connectivity index (χ3v) is 0.750. The van der Waals surface area contributed by atoms with Gasteiger partial charge in [0.2, 0.25) is 0 Å². The Morgan fingerprint density at radius 2 is 3.00 bits per heavy atom. The molecule has 0 aliphatic carbocycles. The zero-order valence-corrected chi connectivity index (χ0v) is 3.91. The van der Waals surface area contributed by atoms with E-state index in [1.54, 1.807) is 0 Å². The fraction of sp³-hybridized carbons (Fsp3) is 1.00. The molecule has 0 aromatic rings. The lowest BCUT2D eigenvalue weighted by molar-refractivity contribution is 1.08. The van der Waals surface area contributed by atoms with Crippen LogP contribution in [0.15, 0.2) is 0 Å². The molecular weight excluding hydrogens is 64.1 g/mol. The first-order chi connectivity index (χ1) is 3.06. The molecule has 1 heteroatoms. The standard InChI is InChI=1S/C3H10Si/c1-2-3-4/h2-3H2,1,4H3/i4T3. The van der Waals surface area contributed by atoms with Gasteiger partial charge in [-0.05, 0) is 0 Å². The Bertz CT molecular complexity index is 48.6. The van der Waals surface area contributed by atoms with E-state index in [-0.39, 0.29) is 0 Å². The molecule has 0 rings (SSSR count). The first-order valence-corrected chi connectivity index (χ1v) is 2.27. The van der Waals surface area contributed by atoms with Crippen molar-refractivity contribution in [3.05, 3.63) is 0 Å². The number of hydrogen-bond donors (Lipinski definition) is 0. The predicted octanol–water partition coefficient (Wildman–Crippen LogP) is 0.180. The Morgan fingerprint density at radius 1 is 2.25 bits per heavy atom. The molecule has 26 valence electrons. The average Bonchev–Trinajstić information content (AvgIpc) is 1.30. The van der Waals surface area contributed by atoms with Crippen LogP contribution in [0.3, 0.4) is 0 Å². The SMILES string of the molecule is [3H][Si]([3H])([3H])CCC. The van der Waals surface area contributed by atoms with Crippen LogP contribution in [0, 0.1) is 0 Å². The van der Waals surface area contributed by atoms with Gasteiger partial charge in [0.25, 0.3) is 0 Å². The van der Waals surface area contributed by atoms with E-state index in [0.717, 1.165) is 6.42 Å². The maximum absolute atomic E-state index is 6.80. The second kappa shape index (κ2) is 3.22. The Balaban J connectivity index is 3.15. The van der Waals surface area contributed by atoms with Crippen LogP contribution in [0.1, 0.15) is 13.3 Å². The smallest absolute Gasteiger partial charge is 0.00729 e. The molecule has 0 aromatic carbocycles. The van der Waals surface area contributed by atoms with E-state index in [1.165, 1.54) is 0 Å². The summed E-state index contributed by atoms with van der Waals surface area (Å²) in [4.78, 5) is 0. The van der Waals surface area contributed by atoms with Crippen molar-refractivity contribution in [3.63, 3.8) is 0 Å². The molecule has 0 atom stereocenters. The van der Waals surface area contributed by atoms with Crippen molar-refractivity contribution in [1.29, 1.82) is 3.70 Å². The Morgan fingerprint density at radius 3 is 3.00 bits per heavy atom. The zero-order valence-electron chi connectivity index (χ0n) is 5.91. The molecule has 0 unspecified atom stereocenters. The summed E-state index contributed by atoms with van der Waals surface area (Å²) >= 11 is 0. The minimum absolute atomic E-state index is 0.479. The molecule has 0 saturated heterocycles. The number of hydrogen-bond acceptors (Lipinski definition) is 0. The van der Waals surface area contributed by atoms with E-state index in [0.29, 0.717) is 6.04 Å². The van der Waals surface area contributed by atoms with Crippen LogP contribution < -0.4 is 0 Å². The summed E-state index contributed by atoms with van der Waals surface area (Å²) in [7, 11) is -2.91. The van der Waals surface area contributed by atoms with E-state index in [4.69, 9.17) is 3.70 Å². The van der Waals surface area contributed by atoms with E-state index in [2.05, 4.69) is 0 Å². The van der Waals surface area contributed by atoms with Gasteiger partial charge in [0, 0.05) is 13.7 Å². The van der Waals surface area contributed by atoms with Gasteiger partial charge in [-0.2, -0.15) is 0 Å². The van der Waals surface area contributed by atoms with Crippen molar-refractivity contribution in [3.8, 4) is 0 Å². The van der Waals surface area contributed by atoms with Crippen LogP contribution in [-0.2, 0) is 0 Å². The van der Waals surface area contributed by atoms with Crippen molar-refractivity contribution in [2.45, 2.75) is 19.4 Å². The molecule has 0 amide bonds. The molecule has 0 aliphatic rings. The summed E-state index contributed by atoms with van der Waals surface area (Å²) in [5.74, 6) is 0. The van der Waals surface area contributed by atoms with E-state index in [1.807, 2.05) is 6.92 Å². The van der Waals surface area contributed by atoms with Crippen LogP contribution in [0.2, 0.25) is 6.04 Å². The largest absolute Gasteiger partial charge is 0.0661 e. The molecule has 0 heterocycles. The Hall–Kier alpha value is 0.217. The predicted molar refractivity (Wildman–Crippen MR) is 25.0 cm³/mol. The average molecular weight is 80.2 g/mol. The number of rotatable bonds is 2. The normalized spacial score (nSPS) is 21.8. The molecular formula is C3H10Si. The van der Waals surface area contributed by atoms with E-state index in [9.17, 15) is 0 Å². The molecule has 0 bridgehead atoms. The summed E-state index contributed by atoms with van der Waals surface area (Å²) < 4.78 is 20.4. The highest BCUT2D eigenvalue weighted by molar-refractivity contribution is 6.08. The van der Waals surface area contributed by atoms with Gasteiger partial charge >= 0.3 is 0 Å². The van der Waals surface area contributed by atoms with Crippen molar-refractivity contribution in [2.75, 3.05) is 0 Å². The van der Waals surface area contributed by atoms with Gasteiger partial charge in [-0.25, -0.2) is 0 Å². The Labute approximate surface area is 34.3 Å². The third kappa shape index (κ3) is 2.22. The minimum atomic E-state index is -2.91. The molecule has 0 nitrogen and oxygen atoms in total. The lowest BCUT2D eigenvalue weighted by Gasteiger charge is -1.67. The van der Waals surface area contributed by atoms with Crippen LogP contribution in [-0.4, -0.2) is 13.7 Å². The highest BCUT2D eigenvalue weighted by Crippen LogP contribution is 1.73.